The van der Waals surface area contributed by atoms with Gasteiger partial charge in [-0.15, -0.1) is 5.06 Å². The van der Waals surface area contributed by atoms with E-state index < -0.39 is 105 Å². The lowest BCUT2D eigenvalue weighted by atomic mass is 9.74. The van der Waals surface area contributed by atoms with Crippen molar-refractivity contribution in [3.8, 4) is 0 Å². The molecule has 1 saturated heterocycles. The van der Waals surface area contributed by atoms with E-state index in [4.69, 9.17) is 35.4 Å². The number of nitrogens with zero attached hydrogens (tertiary/aromatic N) is 3. The standard InChI is InChI=1S/C58H68ClN3O23S5/c1-5-60-45-16-14-41-43(33-39(87(69,70)71)35-47(41)89(75,76)77)54(45)57(2,22-8-32-86(66,67)68)49(60)18-12-37-9-6-10-38(56(37)59)13-19-50-58(3,23-25-82-28-29-84-31-30-83-27-26-81-4)55-44-34-40(88(72,73)74)36-48(90(78,79)80)42(44)15-17-46(55)61(50)24-7-11-53(65)85-62-51(63)20-21-52(62)64/h12-19,33-36H,5-11,20-32H2,1-4H3,(H4-,66,67,68,69,70,71,72,73,74,75,76,77,78,79,80). The Kier molecular flexibility index (Phi) is 21.6. The monoisotopic (exact) mass is 1370 g/mol. The maximum absolute atomic E-state index is 13.2. The summed E-state index contributed by atoms with van der Waals surface area (Å²) in [4.78, 5) is 41.5. The summed E-state index contributed by atoms with van der Waals surface area (Å²) in [5.41, 5.74) is 1.04. The fraction of sp³-hybridized carbons (Fsp3) is 0.448. The molecule has 3 heterocycles. The predicted molar refractivity (Wildman–Crippen MR) is 326 cm³/mol. The second-order valence-electron chi connectivity index (χ2n) is 22.2. The molecule has 0 spiro atoms. The number of allylic oxidation sites excluding steroid dienone is 8. The van der Waals surface area contributed by atoms with Gasteiger partial charge in [-0.25, -0.2) is 13.2 Å². The van der Waals surface area contributed by atoms with Crippen molar-refractivity contribution in [2.24, 2.45) is 0 Å². The molecule has 4 aromatic rings. The minimum Gasteiger partial charge on any atom is -0.744 e. The van der Waals surface area contributed by atoms with Crippen LogP contribution < -0.4 is 4.90 Å². The first-order valence-corrected chi connectivity index (χ1v) is 36.1. The van der Waals surface area contributed by atoms with E-state index in [2.05, 4.69) is 0 Å². The van der Waals surface area contributed by atoms with Crippen LogP contribution in [0.5, 0.6) is 0 Å². The number of anilines is 1. The Morgan fingerprint density at radius 2 is 1.26 bits per heavy atom. The first-order chi connectivity index (χ1) is 42.1. The highest BCUT2D eigenvalue weighted by Crippen LogP contribution is 2.55. The maximum atomic E-state index is 13.2. The third kappa shape index (κ3) is 15.4. The second-order valence-corrected chi connectivity index (χ2v) is 29.7. The normalized spacial score (nSPS) is 20.3. The van der Waals surface area contributed by atoms with Crippen LogP contribution in [0, 0.1) is 0 Å². The Bertz CT molecular complexity index is 4300. The SMILES string of the molecule is CCN1C(=CC=C2CCCC(C=CC3=[N+](CCCC(=O)ON4C(=O)CCC4=O)c4ccc5c(S(=O)(=O)[O-])cc(S(=O)(=O)O)cc5c4C3(C)CCOCCOCCOCCOC)=C2Cl)C(C)(CCCS(=O)(=O)O)c2c1ccc1c(S(=O)(=O)O)cc(S(=O)(=O)O)cc21. The van der Waals surface area contributed by atoms with Crippen molar-refractivity contribution in [2.75, 3.05) is 77.1 Å². The zero-order valence-corrected chi connectivity index (χ0v) is 54.2. The van der Waals surface area contributed by atoms with Gasteiger partial charge in [-0.3, -0.25) is 27.8 Å². The zero-order valence-electron chi connectivity index (χ0n) is 49.4. The van der Waals surface area contributed by atoms with Gasteiger partial charge in [-0.1, -0.05) is 29.8 Å². The average molecular weight is 1370 g/mol. The molecule has 2 amide bonds. The van der Waals surface area contributed by atoms with Crippen LogP contribution in [0.25, 0.3) is 21.5 Å². The van der Waals surface area contributed by atoms with E-state index in [1.165, 1.54) is 18.2 Å². The molecule has 2 unspecified atom stereocenters. The van der Waals surface area contributed by atoms with Crippen molar-refractivity contribution in [3.05, 3.63) is 106 Å². The van der Waals surface area contributed by atoms with Crippen LogP contribution in [0.4, 0.5) is 11.4 Å². The van der Waals surface area contributed by atoms with E-state index in [1.807, 2.05) is 4.90 Å². The van der Waals surface area contributed by atoms with E-state index in [1.54, 1.807) is 62.8 Å². The number of hydrogen-bond donors (Lipinski definition) is 4. The molecule has 0 saturated carbocycles. The van der Waals surface area contributed by atoms with E-state index >= 15 is 0 Å². The Balaban J connectivity index is 1.25. The Morgan fingerprint density at radius 1 is 0.678 bits per heavy atom. The molecular formula is C58H68ClN3O23S5. The number of ether oxygens (including phenoxy) is 4. The van der Waals surface area contributed by atoms with Crippen LogP contribution in [0.2, 0.25) is 0 Å². The smallest absolute Gasteiger partial charge is 0.333 e. The van der Waals surface area contributed by atoms with Crippen molar-refractivity contribution in [2.45, 2.75) is 115 Å². The summed E-state index contributed by atoms with van der Waals surface area (Å²) in [5, 5.41) is 0.413. The number of methoxy groups -OCH3 is 1. The molecular weight excluding hydrogens is 1300 g/mol. The number of likely N-dealkylation sites (N-methyl/N-ethyl adjacent to an activating group) is 1. The number of hydrogen-bond acceptors (Lipinski definition) is 20. The first-order valence-electron chi connectivity index (χ1n) is 28.4. The van der Waals surface area contributed by atoms with Gasteiger partial charge in [0, 0.05) is 89.8 Å². The van der Waals surface area contributed by atoms with E-state index in [9.17, 15) is 79.2 Å². The predicted octanol–water partition coefficient (Wildman–Crippen LogP) is 6.98. The number of carbonyl (C=O) groups excluding carboxylic acids is 3. The third-order valence-corrected chi connectivity index (χ3v) is 21.0. The fourth-order valence-electron chi connectivity index (χ4n) is 12.1. The number of fused-ring (bicyclic) bond motifs is 6. The van der Waals surface area contributed by atoms with Crippen LogP contribution in [-0.2, 0) is 99.6 Å². The minimum absolute atomic E-state index is 0.00228. The summed E-state index contributed by atoms with van der Waals surface area (Å²) in [7, 11) is -23.7. The molecule has 0 radical (unpaired) electrons. The minimum atomic E-state index is -5.42. The van der Waals surface area contributed by atoms with E-state index in [0.29, 0.717) is 106 Å². The lowest BCUT2D eigenvalue weighted by Crippen LogP contribution is -2.34. The van der Waals surface area contributed by atoms with Gasteiger partial charge in [0.25, 0.3) is 52.3 Å². The summed E-state index contributed by atoms with van der Waals surface area (Å²) in [6, 6.07) is 9.13. The van der Waals surface area contributed by atoms with Gasteiger partial charge in [0.05, 0.1) is 71.9 Å². The topological polar surface area (TPSA) is 382 Å². The number of carbonyl (C=O) groups is 3. The highest BCUT2D eigenvalue weighted by Gasteiger charge is 2.50. The van der Waals surface area contributed by atoms with Crippen LogP contribution in [0.3, 0.4) is 0 Å². The van der Waals surface area contributed by atoms with Crippen LogP contribution in [0.15, 0.2) is 114 Å². The molecule has 1 fully saturated rings. The largest absolute Gasteiger partial charge is 0.744 e. The molecule has 3 aliphatic heterocycles. The third-order valence-electron chi connectivity index (χ3n) is 16.3. The van der Waals surface area contributed by atoms with Crippen molar-refractivity contribution in [1.29, 1.82) is 0 Å². The number of rotatable bonds is 29. The molecule has 26 nitrogen and oxygen atoms in total. The van der Waals surface area contributed by atoms with Crippen LogP contribution >= 0.6 is 11.6 Å². The Morgan fingerprint density at radius 3 is 1.83 bits per heavy atom. The van der Waals surface area contributed by atoms with E-state index in [-0.39, 0.29) is 106 Å². The van der Waals surface area contributed by atoms with Gasteiger partial charge in [0.2, 0.25) is 5.69 Å². The number of amides is 2. The molecule has 8 rings (SSSR count). The highest BCUT2D eigenvalue weighted by atomic mass is 35.5. The Hall–Kier alpha value is -5.88. The molecule has 32 heteroatoms. The quantitative estimate of drug-likeness (QED) is 0.0184. The molecule has 0 aromatic heterocycles. The van der Waals surface area contributed by atoms with Crippen molar-refractivity contribution < 1.29 is 108 Å². The molecule has 0 bridgehead atoms. The maximum Gasteiger partial charge on any atom is 0.333 e. The van der Waals surface area contributed by atoms with Crippen LogP contribution in [-0.4, -0.2) is 170 Å². The number of halogens is 1. The zero-order chi connectivity index (χ0) is 65.9. The average Bonchev–Trinajstić information content (AvgIpc) is 1.52. The van der Waals surface area contributed by atoms with Gasteiger partial charge in [0.15, 0.2) is 5.71 Å². The molecule has 490 valence electrons. The first kappa shape index (κ1) is 70.0. The fourth-order valence-corrected chi connectivity index (χ4v) is 15.6. The van der Waals surface area contributed by atoms with Crippen molar-refractivity contribution in [3.63, 3.8) is 0 Å². The number of imide groups is 1. The van der Waals surface area contributed by atoms with Crippen molar-refractivity contribution in [1.82, 2.24) is 5.06 Å². The lowest BCUT2D eigenvalue weighted by molar-refractivity contribution is -0.438. The Labute approximate surface area is 526 Å². The van der Waals surface area contributed by atoms with Gasteiger partial charge in [-0.2, -0.15) is 38.2 Å². The lowest BCUT2D eigenvalue weighted by Gasteiger charge is -2.30. The second kappa shape index (κ2) is 27.8. The van der Waals surface area contributed by atoms with Gasteiger partial charge < -0.3 is 33.2 Å². The number of benzene rings is 4. The molecule has 2 atom stereocenters. The summed E-state index contributed by atoms with van der Waals surface area (Å²) < 4.78 is 205. The summed E-state index contributed by atoms with van der Waals surface area (Å²) in [6.45, 7) is 7.11. The summed E-state index contributed by atoms with van der Waals surface area (Å²) >= 11 is 7.40. The van der Waals surface area contributed by atoms with Gasteiger partial charge in [-0.05, 0) is 129 Å². The van der Waals surface area contributed by atoms with Gasteiger partial charge in [0.1, 0.15) is 21.6 Å². The van der Waals surface area contributed by atoms with Crippen molar-refractivity contribution >= 4 is 119 Å². The highest BCUT2D eigenvalue weighted by molar-refractivity contribution is 7.87. The molecule has 4 aliphatic rings. The molecule has 1 aliphatic carbocycles. The molecule has 90 heavy (non-hydrogen) atoms. The number of hydroxylamine groups is 2. The van der Waals surface area contributed by atoms with Crippen LogP contribution in [0.1, 0.15) is 96.1 Å². The summed E-state index contributed by atoms with van der Waals surface area (Å²) in [5.74, 6) is -2.97. The van der Waals surface area contributed by atoms with E-state index in [0.717, 1.165) is 12.1 Å². The molecule has 4 aromatic carbocycles. The molecule has 4 N–H and O–H groups in total. The van der Waals surface area contributed by atoms with Gasteiger partial charge >= 0.3 is 5.97 Å². The summed E-state index contributed by atoms with van der Waals surface area (Å²) in [6.07, 6.45) is 7.66.